The number of nitrogens with zero attached hydrogens (tertiary/aromatic N) is 4. The van der Waals surface area contributed by atoms with Crippen LogP contribution >= 0.6 is 22.9 Å². The zero-order valence-electron chi connectivity index (χ0n) is 16.9. The van der Waals surface area contributed by atoms with E-state index in [4.69, 9.17) is 16.6 Å². The van der Waals surface area contributed by atoms with E-state index < -0.39 is 0 Å². The van der Waals surface area contributed by atoms with Crippen molar-refractivity contribution in [2.75, 3.05) is 5.32 Å². The number of carbonyl (C=O) groups is 1. The SMILES string of the molecule is CC1(Nc2nc3ccc(Cl)cc3s2)CCCC1NC(=O)c1ccccc1-n1nccn1. The fraction of sp³-hybridized carbons (Fsp3) is 0.273. The molecular weight excluding hydrogens is 432 g/mol. The summed E-state index contributed by atoms with van der Waals surface area (Å²) in [7, 11) is 0. The van der Waals surface area contributed by atoms with E-state index >= 15 is 0 Å². The molecule has 2 aromatic heterocycles. The molecule has 7 nitrogen and oxygen atoms in total. The molecule has 2 heterocycles. The number of para-hydroxylation sites is 1. The van der Waals surface area contributed by atoms with Crippen molar-refractivity contribution in [2.45, 2.75) is 37.8 Å². The van der Waals surface area contributed by atoms with Gasteiger partial charge in [-0.3, -0.25) is 4.79 Å². The molecule has 0 radical (unpaired) electrons. The maximum atomic E-state index is 13.2. The first-order valence-electron chi connectivity index (χ1n) is 10.1. The first-order chi connectivity index (χ1) is 15.0. The normalized spacial score (nSPS) is 20.8. The number of carbonyl (C=O) groups excluding carboxylic acids is 1. The highest BCUT2D eigenvalue weighted by Gasteiger charge is 2.40. The van der Waals surface area contributed by atoms with Crippen molar-refractivity contribution in [3.05, 3.63) is 65.4 Å². The number of hydrogen-bond donors (Lipinski definition) is 2. The van der Waals surface area contributed by atoms with Crippen LogP contribution < -0.4 is 10.6 Å². The fourth-order valence-corrected chi connectivity index (χ4v) is 5.44. The summed E-state index contributed by atoms with van der Waals surface area (Å²) in [4.78, 5) is 19.4. The van der Waals surface area contributed by atoms with Crippen LogP contribution in [-0.4, -0.2) is 37.5 Å². The summed E-state index contributed by atoms with van der Waals surface area (Å²) in [6.45, 7) is 2.14. The predicted molar refractivity (Wildman–Crippen MR) is 123 cm³/mol. The fourth-order valence-electron chi connectivity index (χ4n) is 4.16. The van der Waals surface area contributed by atoms with Crippen molar-refractivity contribution < 1.29 is 4.79 Å². The standard InChI is InChI=1S/C22H21ClN6OS/c1-22(28-21-26-16-9-8-14(23)13-18(16)31-21)10-4-7-19(22)27-20(30)15-5-2-3-6-17(15)29-24-11-12-25-29/h2-3,5-6,8-9,11-13,19H,4,7,10H2,1H3,(H,26,28)(H,27,30). The molecule has 4 aromatic rings. The molecule has 2 unspecified atom stereocenters. The molecular formula is C22H21ClN6OS. The van der Waals surface area contributed by atoms with E-state index in [9.17, 15) is 4.79 Å². The van der Waals surface area contributed by atoms with E-state index in [-0.39, 0.29) is 17.5 Å². The number of benzene rings is 2. The van der Waals surface area contributed by atoms with Crippen LogP contribution in [0.25, 0.3) is 15.9 Å². The third-order valence-corrected chi connectivity index (χ3v) is 6.96. The molecule has 0 spiro atoms. The van der Waals surface area contributed by atoms with Crippen LogP contribution in [0.2, 0.25) is 5.02 Å². The highest BCUT2D eigenvalue weighted by Crippen LogP contribution is 2.36. The number of halogens is 1. The van der Waals surface area contributed by atoms with Gasteiger partial charge in [-0.25, -0.2) is 4.98 Å². The predicted octanol–water partition coefficient (Wildman–Crippen LogP) is 4.68. The monoisotopic (exact) mass is 452 g/mol. The van der Waals surface area contributed by atoms with Gasteiger partial charge in [0.05, 0.1) is 45.4 Å². The number of amides is 1. The Balaban J connectivity index is 1.37. The van der Waals surface area contributed by atoms with E-state index in [2.05, 4.69) is 27.8 Å². The van der Waals surface area contributed by atoms with Gasteiger partial charge in [0.15, 0.2) is 5.13 Å². The maximum absolute atomic E-state index is 13.2. The summed E-state index contributed by atoms with van der Waals surface area (Å²) in [6, 6.07) is 13.0. The molecule has 0 bridgehead atoms. The lowest BCUT2D eigenvalue weighted by Crippen LogP contribution is -2.52. The van der Waals surface area contributed by atoms with Gasteiger partial charge < -0.3 is 10.6 Å². The third kappa shape index (κ3) is 3.88. The van der Waals surface area contributed by atoms with Crippen LogP contribution in [0.1, 0.15) is 36.5 Å². The molecule has 2 atom stereocenters. The molecule has 1 aliphatic rings. The molecule has 1 aliphatic carbocycles. The van der Waals surface area contributed by atoms with Crippen LogP contribution in [0.5, 0.6) is 0 Å². The average molecular weight is 453 g/mol. The Hall–Kier alpha value is -2.97. The van der Waals surface area contributed by atoms with E-state index in [1.54, 1.807) is 29.8 Å². The number of nitrogens with one attached hydrogen (secondary N) is 2. The summed E-state index contributed by atoms with van der Waals surface area (Å²) >= 11 is 7.69. The Kier molecular flexibility index (Phi) is 5.11. The van der Waals surface area contributed by atoms with Gasteiger partial charge in [0.25, 0.3) is 5.91 Å². The number of fused-ring (bicyclic) bond motifs is 1. The van der Waals surface area contributed by atoms with Gasteiger partial charge in [-0.2, -0.15) is 15.0 Å². The quantitative estimate of drug-likeness (QED) is 0.459. The van der Waals surface area contributed by atoms with Crippen molar-refractivity contribution in [1.82, 2.24) is 25.3 Å². The Labute approximate surface area is 188 Å². The molecule has 1 fully saturated rings. The molecule has 158 valence electrons. The molecule has 1 saturated carbocycles. The number of hydrogen-bond acceptors (Lipinski definition) is 6. The lowest BCUT2D eigenvalue weighted by atomic mass is 9.95. The maximum Gasteiger partial charge on any atom is 0.253 e. The van der Waals surface area contributed by atoms with Crippen LogP contribution in [-0.2, 0) is 0 Å². The molecule has 1 amide bonds. The molecule has 0 saturated heterocycles. The van der Waals surface area contributed by atoms with Gasteiger partial charge in [-0.05, 0) is 56.5 Å². The second-order valence-corrected chi connectivity index (χ2v) is 9.39. The van der Waals surface area contributed by atoms with Gasteiger partial charge in [0.2, 0.25) is 0 Å². The summed E-state index contributed by atoms with van der Waals surface area (Å²) in [5, 5.41) is 16.7. The highest BCUT2D eigenvalue weighted by atomic mass is 35.5. The van der Waals surface area contributed by atoms with Gasteiger partial charge in [0.1, 0.15) is 0 Å². The Morgan fingerprint density at radius 3 is 2.87 bits per heavy atom. The molecule has 2 N–H and O–H groups in total. The van der Waals surface area contributed by atoms with Crippen molar-refractivity contribution in [3.8, 4) is 5.69 Å². The molecule has 2 aromatic carbocycles. The lowest BCUT2D eigenvalue weighted by molar-refractivity contribution is 0.0926. The van der Waals surface area contributed by atoms with E-state index in [1.807, 2.05) is 36.4 Å². The van der Waals surface area contributed by atoms with Gasteiger partial charge >= 0.3 is 0 Å². The Bertz CT molecular complexity index is 1240. The summed E-state index contributed by atoms with van der Waals surface area (Å²) in [5.74, 6) is -0.135. The minimum Gasteiger partial charge on any atom is -0.354 e. The number of rotatable bonds is 5. The lowest BCUT2D eigenvalue weighted by Gasteiger charge is -2.33. The van der Waals surface area contributed by atoms with Gasteiger partial charge in [-0.15, -0.1) is 0 Å². The first-order valence-corrected chi connectivity index (χ1v) is 11.3. The van der Waals surface area contributed by atoms with Crippen LogP contribution in [0.15, 0.2) is 54.9 Å². The molecule has 31 heavy (non-hydrogen) atoms. The Morgan fingerprint density at radius 2 is 2.03 bits per heavy atom. The summed E-state index contributed by atoms with van der Waals surface area (Å²) in [6.07, 6.45) is 6.05. The zero-order valence-corrected chi connectivity index (χ0v) is 18.5. The highest BCUT2D eigenvalue weighted by molar-refractivity contribution is 7.22. The summed E-state index contributed by atoms with van der Waals surface area (Å²) < 4.78 is 1.04. The van der Waals surface area contributed by atoms with Gasteiger partial charge in [-0.1, -0.05) is 35.1 Å². The largest absolute Gasteiger partial charge is 0.354 e. The van der Waals surface area contributed by atoms with Crippen LogP contribution in [0.4, 0.5) is 5.13 Å². The first kappa shape index (κ1) is 20.0. The molecule has 0 aliphatic heterocycles. The topological polar surface area (TPSA) is 84.7 Å². The third-order valence-electron chi connectivity index (χ3n) is 5.79. The Morgan fingerprint density at radius 1 is 1.23 bits per heavy atom. The average Bonchev–Trinajstić information content (AvgIpc) is 3.49. The summed E-state index contributed by atoms with van der Waals surface area (Å²) in [5.41, 5.74) is 1.81. The zero-order chi connectivity index (χ0) is 21.4. The molecule has 9 heteroatoms. The number of aromatic nitrogens is 4. The number of thiazole rings is 1. The van der Waals surface area contributed by atoms with E-state index in [1.165, 1.54) is 4.80 Å². The minimum atomic E-state index is -0.299. The number of anilines is 1. The van der Waals surface area contributed by atoms with Crippen LogP contribution in [0.3, 0.4) is 0 Å². The van der Waals surface area contributed by atoms with Crippen molar-refractivity contribution in [1.29, 1.82) is 0 Å². The van der Waals surface area contributed by atoms with E-state index in [0.29, 0.717) is 16.3 Å². The van der Waals surface area contributed by atoms with Crippen molar-refractivity contribution in [3.63, 3.8) is 0 Å². The van der Waals surface area contributed by atoms with Crippen molar-refractivity contribution in [2.24, 2.45) is 0 Å². The van der Waals surface area contributed by atoms with Crippen LogP contribution in [0, 0.1) is 0 Å². The second kappa shape index (κ2) is 7.94. The second-order valence-electron chi connectivity index (χ2n) is 7.93. The molecule has 5 rings (SSSR count). The van der Waals surface area contributed by atoms with Gasteiger partial charge in [0, 0.05) is 5.02 Å². The smallest absolute Gasteiger partial charge is 0.253 e. The minimum absolute atomic E-state index is 0.0331. The van der Waals surface area contributed by atoms with E-state index in [0.717, 1.165) is 34.6 Å². The van der Waals surface area contributed by atoms with Crippen molar-refractivity contribution >= 4 is 44.2 Å².